The molecule has 0 spiro atoms. The van der Waals surface area contributed by atoms with Crippen molar-refractivity contribution in [2.75, 3.05) is 0 Å². The third kappa shape index (κ3) is 5.18. The van der Waals surface area contributed by atoms with Crippen LogP contribution in [-0.4, -0.2) is 11.1 Å². The Hall–Kier alpha value is -3.36. The molecule has 0 bridgehead atoms. The summed E-state index contributed by atoms with van der Waals surface area (Å²) in [5, 5.41) is 0.831. The third-order valence-electron chi connectivity index (χ3n) is 5.06. The van der Waals surface area contributed by atoms with Crippen molar-refractivity contribution in [2.24, 2.45) is 0 Å². The van der Waals surface area contributed by atoms with E-state index in [-0.39, 0.29) is 16.4 Å². The molecule has 0 aromatic heterocycles. The van der Waals surface area contributed by atoms with Crippen molar-refractivity contribution < 1.29 is 14.1 Å². The van der Waals surface area contributed by atoms with Gasteiger partial charge in [-0.05, 0) is 29.8 Å². The molecule has 0 amide bonds. The standard InChI is InChI=1S/C28H19ClFO2P/c29-23-18-16-21(17-19-23)26(30)25(20-10-4-1-5-11-20)28(27(31)22-12-6-2-7-13-22)33(32)24-14-8-3-9-15-24/h1-19H/b26-25+. The highest BCUT2D eigenvalue weighted by atomic mass is 35.5. The van der Waals surface area contributed by atoms with Gasteiger partial charge in [-0.15, -0.1) is 0 Å². The van der Waals surface area contributed by atoms with Gasteiger partial charge in [0.1, 0.15) is 18.9 Å². The van der Waals surface area contributed by atoms with E-state index in [4.69, 9.17) is 11.6 Å². The van der Waals surface area contributed by atoms with Crippen molar-refractivity contribution >= 4 is 47.2 Å². The van der Waals surface area contributed by atoms with E-state index in [0.29, 0.717) is 21.5 Å². The summed E-state index contributed by atoms with van der Waals surface area (Å²) in [6, 6.07) is 32.1. The van der Waals surface area contributed by atoms with E-state index >= 15 is 4.39 Å². The molecular weight excluding hydrogens is 454 g/mol. The minimum Gasteiger partial charge on any atom is -0.625 e. The van der Waals surface area contributed by atoms with Gasteiger partial charge in [0.2, 0.25) is 11.1 Å². The van der Waals surface area contributed by atoms with Gasteiger partial charge in [-0.25, -0.2) is 4.39 Å². The van der Waals surface area contributed by atoms with E-state index in [9.17, 15) is 9.69 Å². The molecule has 0 aliphatic rings. The maximum absolute atomic E-state index is 16.2. The average molecular weight is 473 g/mol. The Kier molecular flexibility index (Phi) is 7.26. The SMILES string of the molecule is O=C(C(/C(=C(/F)c1ccc(Cl)cc1)c1ccccc1)=[P+](/[O-])c1ccccc1)c1ccccc1. The minimum absolute atomic E-state index is 0.0109. The van der Waals surface area contributed by atoms with Crippen molar-refractivity contribution in [3.8, 4) is 0 Å². The van der Waals surface area contributed by atoms with E-state index in [0.717, 1.165) is 0 Å². The first-order valence-corrected chi connectivity index (χ1v) is 11.9. The van der Waals surface area contributed by atoms with E-state index in [1.54, 1.807) is 115 Å². The second-order valence-electron chi connectivity index (χ2n) is 7.24. The lowest BCUT2D eigenvalue weighted by molar-refractivity contribution is -0.149. The molecule has 0 radical (unpaired) electrons. The zero-order valence-electron chi connectivity index (χ0n) is 17.5. The summed E-state index contributed by atoms with van der Waals surface area (Å²) in [7, 11) is -2.40. The van der Waals surface area contributed by atoms with Crippen molar-refractivity contribution in [1.29, 1.82) is 0 Å². The number of carbonyl (C=O) groups excluding carboxylic acids is 1. The maximum atomic E-state index is 16.2. The second kappa shape index (κ2) is 10.5. The molecule has 0 aliphatic carbocycles. The third-order valence-corrected chi connectivity index (χ3v) is 6.91. The number of hydrogen-bond acceptors (Lipinski definition) is 2. The summed E-state index contributed by atoms with van der Waals surface area (Å²) in [4.78, 5) is 27.6. The van der Waals surface area contributed by atoms with E-state index in [1.165, 1.54) is 0 Å². The summed E-state index contributed by atoms with van der Waals surface area (Å²) >= 11 is 5.99. The van der Waals surface area contributed by atoms with E-state index < -0.39 is 19.4 Å². The van der Waals surface area contributed by atoms with Crippen LogP contribution < -0.4 is 10.2 Å². The fraction of sp³-hybridized carbons (Fsp3) is 0. The summed E-state index contributed by atoms with van der Waals surface area (Å²) in [6.45, 7) is 0. The molecule has 0 aliphatic heterocycles. The highest BCUT2D eigenvalue weighted by molar-refractivity contribution is 7.63. The molecule has 0 saturated carbocycles. The number of halogens is 2. The Bertz CT molecular complexity index is 1320. The minimum atomic E-state index is -2.40. The lowest BCUT2D eigenvalue weighted by Gasteiger charge is -2.14. The average Bonchev–Trinajstić information content (AvgIpc) is 2.88. The molecule has 1 atom stereocenters. The Morgan fingerprint density at radius 1 is 0.667 bits per heavy atom. The molecule has 5 heteroatoms. The topological polar surface area (TPSA) is 40.1 Å². The van der Waals surface area contributed by atoms with Crippen LogP contribution in [0.1, 0.15) is 21.5 Å². The van der Waals surface area contributed by atoms with Gasteiger partial charge in [-0.3, -0.25) is 4.79 Å². The van der Waals surface area contributed by atoms with Crippen LogP contribution in [0, 0.1) is 0 Å². The van der Waals surface area contributed by atoms with Crippen LogP contribution in [0.5, 0.6) is 0 Å². The summed E-state index contributed by atoms with van der Waals surface area (Å²) in [5.41, 5.74) is 1.05. The predicted molar refractivity (Wildman–Crippen MR) is 135 cm³/mol. The number of allylic oxidation sites excluding steroid dienone is 1. The highest BCUT2D eigenvalue weighted by Crippen LogP contribution is 2.35. The zero-order valence-corrected chi connectivity index (χ0v) is 19.1. The molecule has 162 valence electrons. The van der Waals surface area contributed by atoms with Crippen LogP contribution >= 0.6 is 19.4 Å². The van der Waals surface area contributed by atoms with Gasteiger partial charge in [-0.2, -0.15) is 0 Å². The Morgan fingerprint density at radius 2 is 1.15 bits per heavy atom. The molecule has 0 N–H and O–H groups in total. The van der Waals surface area contributed by atoms with Crippen LogP contribution in [0.4, 0.5) is 4.39 Å². The zero-order chi connectivity index (χ0) is 23.2. The lowest BCUT2D eigenvalue weighted by atomic mass is 9.94. The smallest absolute Gasteiger partial charge is 0.235 e. The number of benzene rings is 4. The van der Waals surface area contributed by atoms with Crippen LogP contribution in [0.3, 0.4) is 0 Å². The maximum Gasteiger partial charge on any atom is 0.235 e. The van der Waals surface area contributed by atoms with Gasteiger partial charge in [0.25, 0.3) is 0 Å². The quantitative estimate of drug-likeness (QED) is 0.187. The first-order chi connectivity index (χ1) is 16.1. The molecule has 33 heavy (non-hydrogen) atoms. The Balaban J connectivity index is 2.05. The second-order valence-corrected chi connectivity index (χ2v) is 9.22. The number of rotatable bonds is 6. The van der Waals surface area contributed by atoms with Crippen LogP contribution in [0.15, 0.2) is 115 Å². The Morgan fingerprint density at radius 3 is 1.70 bits per heavy atom. The number of carbonyl (C=O) groups is 1. The molecule has 0 saturated heterocycles. The molecule has 0 heterocycles. The predicted octanol–water partition coefficient (Wildman–Crippen LogP) is 6.32. The van der Waals surface area contributed by atoms with Gasteiger partial charge < -0.3 is 4.89 Å². The van der Waals surface area contributed by atoms with E-state index in [1.807, 2.05) is 0 Å². The van der Waals surface area contributed by atoms with Crippen LogP contribution in [0.2, 0.25) is 5.02 Å². The molecule has 1 unspecified atom stereocenters. The van der Waals surface area contributed by atoms with Gasteiger partial charge >= 0.3 is 0 Å². The summed E-state index contributed by atoms with van der Waals surface area (Å²) in [6.07, 6.45) is 0. The number of hydrogen-bond donors (Lipinski definition) is 0. The first-order valence-electron chi connectivity index (χ1n) is 10.3. The molecule has 0 fully saturated rings. The molecule has 4 aromatic rings. The van der Waals surface area contributed by atoms with Crippen molar-refractivity contribution in [2.45, 2.75) is 0 Å². The molecule has 4 aromatic carbocycles. The normalized spacial score (nSPS) is 12.6. The number of ketones is 1. The lowest BCUT2D eigenvalue weighted by Crippen LogP contribution is -2.22. The summed E-state index contributed by atoms with van der Waals surface area (Å²) in [5.74, 6) is -1.13. The van der Waals surface area contributed by atoms with Crippen LogP contribution in [-0.2, 0) is 0 Å². The van der Waals surface area contributed by atoms with Gasteiger partial charge in [0.05, 0.1) is 5.57 Å². The van der Waals surface area contributed by atoms with Crippen molar-refractivity contribution in [1.82, 2.24) is 0 Å². The van der Waals surface area contributed by atoms with Gasteiger partial charge in [0.15, 0.2) is 0 Å². The largest absolute Gasteiger partial charge is 0.625 e. The summed E-state index contributed by atoms with van der Waals surface area (Å²) < 4.78 is 16.2. The monoisotopic (exact) mass is 472 g/mol. The van der Waals surface area contributed by atoms with Gasteiger partial charge in [-0.1, -0.05) is 103 Å². The fourth-order valence-electron chi connectivity index (χ4n) is 3.44. The molecule has 4 rings (SSSR count). The number of Topliss-reactive ketones (excluding diaryl/α,β-unsaturated/α-hetero) is 1. The molecule has 2 nitrogen and oxygen atoms in total. The van der Waals surface area contributed by atoms with Crippen LogP contribution in [0.25, 0.3) is 11.4 Å². The van der Waals surface area contributed by atoms with Gasteiger partial charge in [0, 0.05) is 16.1 Å². The van der Waals surface area contributed by atoms with Crippen molar-refractivity contribution in [3.05, 3.63) is 137 Å². The molecular formula is C28H19ClFO2P. The highest BCUT2D eigenvalue weighted by Gasteiger charge is 2.31. The Labute approximate surface area is 198 Å². The first kappa shape index (κ1) is 22.8. The fourth-order valence-corrected chi connectivity index (χ4v) is 5.01. The van der Waals surface area contributed by atoms with Crippen molar-refractivity contribution in [3.63, 3.8) is 0 Å². The van der Waals surface area contributed by atoms with E-state index in [2.05, 4.69) is 0 Å².